The normalized spacial score (nSPS) is 15.0. The fourth-order valence-corrected chi connectivity index (χ4v) is 2.85. The molecule has 2 aromatic heterocycles. The zero-order valence-corrected chi connectivity index (χ0v) is 12.0. The number of nitrogens with zero attached hydrogens (tertiary/aromatic N) is 3. The molecule has 0 saturated heterocycles. The van der Waals surface area contributed by atoms with Crippen LogP contribution in [0.2, 0.25) is 0 Å². The molecule has 22 heavy (non-hydrogen) atoms. The van der Waals surface area contributed by atoms with Crippen LogP contribution in [0.15, 0.2) is 36.7 Å². The minimum Gasteiger partial charge on any atom is -0.348 e. The number of aromatic amines is 2. The maximum Gasteiger partial charge on any atom is 0.137 e. The van der Waals surface area contributed by atoms with Crippen LogP contribution in [0.1, 0.15) is 17.2 Å². The van der Waals surface area contributed by atoms with Crippen molar-refractivity contribution in [1.29, 1.82) is 0 Å². The lowest BCUT2D eigenvalue weighted by molar-refractivity contribution is 0.236. The molecular formula is C16H16FN5. The number of aromatic nitrogens is 4. The summed E-state index contributed by atoms with van der Waals surface area (Å²) in [5.74, 6) is 1.46. The molecule has 0 bridgehead atoms. The Morgan fingerprint density at radius 3 is 3.09 bits per heavy atom. The van der Waals surface area contributed by atoms with Gasteiger partial charge in [0.25, 0.3) is 0 Å². The smallest absolute Gasteiger partial charge is 0.137 e. The fourth-order valence-electron chi connectivity index (χ4n) is 2.85. The molecule has 0 fully saturated rings. The molecule has 3 heterocycles. The van der Waals surface area contributed by atoms with Crippen LogP contribution in [0.3, 0.4) is 0 Å². The van der Waals surface area contributed by atoms with E-state index in [2.05, 4.69) is 24.8 Å². The van der Waals surface area contributed by atoms with Crippen molar-refractivity contribution >= 4 is 0 Å². The highest BCUT2D eigenvalue weighted by molar-refractivity contribution is 5.56. The van der Waals surface area contributed by atoms with E-state index in [1.807, 2.05) is 12.3 Å². The third-order valence-corrected chi connectivity index (χ3v) is 3.94. The highest BCUT2D eigenvalue weighted by Crippen LogP contribution is 2.23. The first-order valence-electron chi connectivity index (χ1n) is 7.32. The van der Waals surface area contributed by atoms with Gasteiger partial charge in [-0.25, -0.2) is 14.4 Å². The number of halogens is 1. The fraction of sp³-hybridized carbons (Fsp3) is 0.250. The second-order valence-corrected chi connectivity index (χ2v) is 5.52. The number of imidazole rings is 2. The third-order valence-electron chi connectivity index (χ3n) is 3.94. The largest absolute Gasteiger partial charge is 0.348 e. The van der Waals surface area contributed by atoms with E-state index in [0.29, 0.717) is 0 Å². The summed E-state index contributed by atoms with van der Waals surface area (Å²) in [5.41, 5.74) is 2.97. The number of rotatable bonds is 3. The molecule has 3 aromatic rings. The molecular weight excluding hydrogens is 281 g/mol. The van der Waals surface area contributed by atoms with Crippen LogP contribution in [-0.2, 0) is 19.5 Å². The molecule has 0 aliphatic carbocycles. The molecule has 1 aliphatic rings. The summed E-state index contributed by atoms with van der Waals surface area (Å²) >= 11 is 0. The van der Waals surface area contributed by atoms with Crippen LogP contribution in [-0.4, -0.2) is 31.4 Å². The predicted octanol–water partition coefficient (Wildman–Crippen LogP) is 2.50. The Morgan fingerprint density at radius 1 is 1.32 bits per heavy atom. The van der Waals surface area contributed by atoms with Crippen molar-refractivity contribution < 1.29 is 4.39 Å². The molecule has 5 nitrogen and oxygen atoms in total. The van der Waals surface area contributed by atoms with Crippen LogP contribution < -0.4 is 0 Å². The summed E-state index contributed by atoms with van der Waals surface area (Å²) < 4.78 is 13.3. The van der Waals surface area contributed by atoms with Crippen LogP contribution in [0.25, 0.3) is 11.4 Å². The van der Waals surface area contributed by atoms with E-state index >= 15 is 0 Å². The molecule has 112 valence electrons. The standard InChI is InChI=1S/C16H16FN5/c17-12-3-1-2-11(8-12)16-20-13-4-7-22(9-14(13)21-16)10-15-18-5-6-19-15/h1-3,5-6,8H,4,7,9-10H2,(H,18,19)(H,20,21). The Hall–Kier alpha value is -2.47. The summed E-state index contributed by atoms with van der Waals surface area (Å²) in [6.45, 7) is 2.54. The minimum absolute atomic E-state index is 0.244. The lowest BCUT2D eigenvalue weighted by Gasteiger charge is -2.24. The van der Waals surface area contributed by atoms with E-state index in [9.17, 15) is 4.39 Å². The lowest BCUT2D eigenvalue weighted by atomic mass is 10.1. The zero-order valence-electron chi connectivity index (χ0n) is 12.0. The van der Waals surface area contributed by atoms with E-state index in [4.69, 9.17) is 0 Å². The molecule has 0 amide bonds. The average molecular weight is 297 g/mol. The SMILES string of the molecule is Fc1cccc(-c2nc3c([nH]2)CN(Cc2ncc[nH]2)CC3)c1. The number of benzene rings is 1. The van der Waals surface area contributed by atoms with Gasteiger partial charge in [0, 0.05) is 37.5 Å². The summed E-state index contributed by atoms with van der Waals surface area (Å²) in [7, 11) is 0. The molecule has 0 spiro atoms. The van der Waals surface area contributed by atoms with Gasteiger partial charge in [-0.15, -0.1) is 0 Å². The maximum atomic E-state index is 13.3. The summed E-state index contributed by atoms with van der Waals surface area (Å²) in [6, 6.07) is 6.52. The third kappa shape index (κ3) is 2.53. The second kappa shape index (κ2) is 5.38. The Labute approximate surface area is 127 Å². The highest BCUT2D eigenvalue weighted by atomic mass is 19.1. The molecule has 2 N–H and O–H groups in total. The molecule has 4 rings (SSSR count). The lowest BCUT2D eigenvalue weighted by Crippen LogP contribution is -2.30. The van der Waals surface area contributed by atoms with Gasteiger partial charge in [0.05, 0.1) is 17.9 Å². The van der Waals surface area contributed by atoms with Crippen molar-refractivity contribution in [3.05, 3.63) is 59.7 Å². The zero-order chi connectivity index (χ0) is 14.9. The Bertz CT molecular complexity index is 778. The first-order chi connectivity index (χ1) is 10.8. The Kier molecular flexibility index (Phi) is 3.23. The Morgan fingerprint density at radius 2 is 2.27 bits per heavy atom. The van der Waals surface area contributed by atoms with Gasteiger partial charge >= 0.3 is 0 Å². The van der Waals surface area contributed by atoms with E-state index in [-0.39, 0.29) is 5.82 Å². The minimum atomic E-state index is -0.244. The maximum absolute atomic E-state index is 13.3. The van der Waals surface area contributed by atoms with Crippen LogP contribution in [0, 0.1) is 5.82 Å². The van der Waals surface area contributed by atoms with Crippen LogP contribution >= 0.6 is 0 Å². The first-order valence-corrected chi connectivity index (χ1v) is 7.32. The van der Waals surface area contributed by atoms with Gasteiger partial charge in [-0.2, -0.15) is 0 Å². The van der Waals surface area contributed by atoms with E-state index in [1.54, 1.807) is 12.3 Å². The summed E-state index contributed by atoms with van der Waals surface area (Å²) in [5, 5.41) is 0. The number of hydrogen-bond donors (Lipinski definition) is 2. The first kappa shape index (κ1) is 13.2. The van der Waals surface area contributed by atoms with Crippen LogP contribution in [0.4, 0.5) is 4.39 Å². The van der Waals surface area contributed by atoms with Crippen molar-refractivity contribution in [2.24, 2.45) is 0 Å². The van der Waals surface area contributed by atoms with E-state index < -0.39 is 0 Å². The summed E-state index contributed by atoms with van der Waals surface area (Å²) in [6.07, 6.45) is 4.49. The van der Waals surface area contributed by atoms with Crippen LogP contribution in [0.5, 0.6) is 0 Å². The number of H-pyrrole nitrogens is 2. The van der Waals surface area contributed by atoms with Gasteiger partial charge in [0.15, 0.2) is 0 Å². The molecule has 0 radical (unpaired) electrons. The van der Waals surface area contributed by atoms with Crippen molar-refractivity contribution in [2.75, 3.05) is 6.54 Å². The molecule has 0 atom stereocenters. The van der Waals surface area contributed by atoms with Gasteiger partial charge in [0.1, 0.15) is 17.5 Å². The monoisotopic (exact) mass is 297 g/mol. The average Bonchev–Trinajstić information content (AvgIpc) is 3.16. The van der Waals surface area contributed by atoms with Crippen molar-refractivity contribution in [2.45, 2.75) is 19.5 Å². The molecule has 0 saturated carbocycles. The molecule has 1 aliphatic heterocycles. The van der Waals surface area contributed by atoms with Gasteiger partial charge in [-0.3, -0.25) is 4.90 Å². The molecule has 0 unspecified atom stereocenters. The number of nitrogens with one attached hydrogen (secondary N) is 2. The van der Waals surface area contributed by atoms with Crippen molar-refractivity contribution in [1.82, 2.24) is 24.8 Å². The van der Waals surface area contributed by atoms with E-state index in [1.165, 1.54) is 12.1 Å². The molecule has 6 heteroatoms. The van der Waals surface area contributed by atoms with Gasteiger partial charge in [-0.05, 0) is 12.1 Å². The van der Waals surface area contributed by atoms with Crippen molar-refractivity contribution in [3.8, 4) is 11.4 Å². The predicted molar refractivity (Wildman–Crippen MR) is 80.4 cm³/mol. The van der Waals surface area contributed by atoms with Gasteiger partial charge in [0.2, 0.25) is 0 Å². The second-order valence-electron chi connectivity index (χ2n) is 5.52. The highest BCUT2D eigenvalue weighted by Gasteiger charge is 2.21. The quantitative estimate of drug-likeness (QED) is 0.781. The summed E-state index contributed by atoms with van der Waals surface area (Å²) in [4.78, 5) is 17.7. The van der Waals surface area contributed by atoms with Gasteiger partial charge < -0.3 is 9.97 Å². The van der Waals surface area contributed by atoms with E-state index in [0.717, 1.165) is 54.7 Å². The van der Waals surface area contributed by atoms with Gasteiger partial charge in [-0.1, -0.05) is 12.1 Å². The van der Waals surface area contributed by atoms with Crippen molar-refractivity contribution in [3.63, 3.8) is 0 Å². The Balaban J connectivity index is 1.55. The number of hydrogen-bond acceptors (Lipinski definition) is 3. The molecule has 1 aromatic carbocycles. The topological polar surface area (TPSA) is 60.6 Å². The number of fused-ring (bicyclic) bond motifs is 1.